The molecule has 0 aliphatic heterocycles. The number of ether oxygens (including phenoxy) is 2. The number of carbonyl (C=O) groups is 11. The molecule has 12 N–H and O–H groups in total. The van der Waals surface area contributed by atoms with E-state index in [-0.39, 0.29) is 49.3 Å². The zero-order valence-electron chi connectivity index (χ0n) is 59.6. The van der Waals surface area contributed by atoms with Crippen LogP contribution < -0.4 is 43.0 Å². The highest BCUT2D eigenvalue weighted by Gasteiger charge is 2.34. The number of rotatable bonds is 66. The highest BCUT2D eigenvalue weighted by atomic mass is 32.2. The van der Waals surface area contributed by atoms with Crippen molar-refractivity contribution in [1.82, 2.24) is 37.2 Å². The molecule has 0 unspecified atom stereocenters. The van der Waals surface area contributed by atoms with Gasteiger partial charge in [-0.25, -0.2) is 4.79 Å². The van der Waals surface area contributed by atoms with Crippen LogP contribution in [-0.4, -0.2) is 161 Å². The smallest absolute Gasteiger partial charge is 0.328 e. The van der Waals surface area contributed by atoms with Crippen molar-refractivity contribution in [3.05, 3.63) is 0 Å². The van der Waals surface area contributed by atoms with E-state index in [0.717, 1.165) is 78.1 Å². The second kappa shape index (κ2) is 61.7. The first kappa shape index (κ1) is 90.4. The normalized spacial score (nSPS) is 13.4. The van der Waals surface area contributed by atoms with Crippen LogP contribution in [0.2, 0.25) is 0 Å². The third kappa shape index (κ3) is 53.5. The molecule has 8 amide bonds. The van der Waals surface area contributed by atoms with Crippen molar-refractivity contribution >= 4 is 76.9 Å². The van der Waals surface area contributed by atoms with Crippen LogP contribution in [0.15, 0.2) is 0 Å². The monoisotopic (exact) mass is 1380 g/mol. The van der Waals surface area contributed by atoms with Gasteiger partial charge in [-0.1, -0.05) is 239 Å². The standard InChI is InChI=1S/C71H130N8O16S/c1-6-9-12-15-18-21-24-26-29-32-35-38-41-44-64(87)94-51-56(95-65(88)45-42-39-36-33-30-27-25-22-19-16-13-10-7-2)52-96-53-58(77-60(83)43-40-37-34-31-28-23-20-17-14-11-8-3)68(89)75-49-62(85)73-48-61(84)74-50-63(86)76-57(46-47-59(72)82)69(90)78-66(54(4)80)70(91)79-67(55(5)81)71(92)93/h54-58,66-67,80-81H,6-53H2,1-5H3,(H2,72,82)(H,73,85)(H,74,84)(H,75,89)(H,76,86)(H,77,83)(H,78,90)(H,79,91)(H,92,93)/t54-,55-,56-,57+,58+,66+,67+/m1/s1. The number of aliphatic carboxylic acids is 1. The van der Waals surface area contributed by atoms with Gasteiger partial charge in [-0.3, -0.25) is 47.9 Å². The lowest BCUT2D eigenvalue weighted by Gasteiger charge is -2.26. The van der Waals surface area contributed by atoms with Crippen molar-refractivity contribution in [2.45, 2.75) is 347 Å². The fraction of sp³-hybridized carbons (Fsp3) is 0.845. The number of esters is 2. The van der Waals surface area contributed by atoms with E-state index >= 15 is 0 Å². The number of thioether (sulfide) groups is 1. The number of carboxylic acid groups (broad SMARTS) is 1. The summed E-state index contributed by atoms with van der Waals surface area (Å²) >= 11 is 1.21. The van der Waals surface area contributed by atoms with Crippen molar-refractivity contribution in [2.75, 3.05) is 37.7 Å². The predicted octanol–water partition coefficient (Wildman–Crippen LogP) is 9.24. The first-order chi connectivity index (χ1) is 46.1. The minimum Gasteiger partial charge on any atom is -0.480 e. The van der Waals surface area contributed by atoms with Crippen LogP contribution in [0.4, 0.5) is 0 Å². The van der Waals surface area contributed by atoms with Crippen molar-refractivity contribution in [1.29, 1.82) is 0 Å². The van der Waals surface area contributed by atoms with E-state index < -0.39 is 128 Å². The van der Waals surface area contributed by atoms with E-state index in [1.165, 1.54) is 166 Å². The van der Waals surface area contributed by atoms with Crippen LogP contribution in [0.5, 0.6) is 0 Å². The quantitative estimate of drug-likeness (QED) is 0.0199. The maximum Gasteiger partial charge on any atom is 0.328 e. The minimum atomic E-state index is -1.80. The van der Waals surface area contributed by atoms with E-state index in [9.17, 15) is 68.1 Å². The number of aliphatic hydroxyl groups is 2. The molecule has 0 aliphatic carbocycles. The number of primary amides is 1. The van der Waals surface area contributed by atoms with Crippen LogP contribution in [0.25, 0.3) is 0 Å². The van der Waals surface area contributed by atoms with Crippen molar-refractivity contribution in [2.24, 2.45) is 5.73 Å². The van der Waals surface area contributed by atoms with Gasteiger partial charge in [0.05, 0.1) is 31.8 Å². The Hall–Kier alpha value is -5.56. The minimum absolute atomic E-state index is 0.000425. The molecule has 0 aliphatic rings. The molecular formula is C71H130N8O16S. The summed E-state index contributed by atoms with van der Waals surface area (Å²) in [5, 5.41) is 45.8. The van der Waals surface area contributed by atoms with Gasteiger partial charge < -0.3 is 67.7 Å². The molecule has 0 aromatic carbocycles. The summed E-state index contributed by atoms with van der Waals surface area (Å²) in [7, 11) is 0. The number of carboxylic acids is 1. The zero-order valence-corrected chi connectivity index (χ0v) is 60.4. The summed E-state index contributed by atoms with van der Waals surface area (Å²) in [5.74, 6) is -9.10. The lowest BCUT2D eigenvalue weighted by Crippen LogP contribution is -2.60. The molecule has 0 radical (unpaired) electrons. The number of nitrogens with two attached hydrogens (primary N) is 1. The van der Waals surface area contributed by atoms with Gasteiger partial charge >= 0.3 is 17.9 Å². The summed E-state index contributed by atoms with van der Waals surface area (Å²) in [6.45, 7) is 6.66. The molecule has 0 saturated carbocycles. The number of unbranched alkanes of at least 4 members (excludes halogenated alkanes) is 34. The number of hydrogen-bond donors (Lipinski definition) is 11. The molecule has 0 fully saturated rings. The molecule has 556 valence electrons. The van der Waals surface area contributed by atoms with Gasteiger partial charge in [0.25, 0.3) is 0 Å². The Bertz CT molecular complexity index is 2140. The molecule has 96 heavy (non-hydrogen) atoms. The van der Waals surface area contributed by atoms with E-state index in [4.69, 9.17) is 15.2 Å². The second-order valence-corrected chi connectivity index (χ2v) is 27.0. The summed E-state index contributed by atoms with van der Waals surface area (Å²) in [6.07, 6.45) is 38.1. The van der Waals surface area contributed by atoms with Crippen LogP contribution in [0, 0.1) is 0 Å². The molecule has 24 nitrogen and oxygen atoms in total. The Morgan fingerprint density at radius 3 is 1.16 bits per heavy atom. The second-order valence-electron chi connectivity index (χ2n) is 25.9. The molecule has 25 heteroatoms. The molecule has 0 aromatic rings. The first-order valence-corrected chi connectivity index (χ1v) is 38.1. The third-order valence-electron chi connectivity index (χ3n) is 16.7. The molecule has 0 aromatic heterocycles. The average molecular weight is 1380 g/mol. The summed E-state index contributed by atoms with van der Waals surface area (Å²) in [4.78, 5) is 142. The third-order valence-corrected chi connectivity index (χ3v) is 17.9. The number of hydrogen-bond acceptors (Lipinski definition) is 16. The van der Waals surface area contributed by atoms with Crippen molar-refractivity contribution in [3.63, 3.8) is 0 Å². The molecular weight excluding hydrogens is 1250 g/mol. The van der Waals surface area contributed by atoms with Crippen LogP contribution >= 0.6 is 11.8 Å². The van der Waals surface area contributed by atoms with Crippen molar-refractivity contribution in [3.8, 4) is 0 Å². The lowest BCUT2D eigenvalue weighted by molar-refractivity contribution is -0.157. The molecule has 0 spiro atoms. The number of nitrogens with one attached hydrogen (secondary N) is 7. The van der Waals surface area contributed by atoms with E-state index in [0.29, 0.717) is 19.3 Å². The Labute approximate surface area is 579 Å². The van der Waals surface area contributed by atoms with Crippen LogP contribution in [-0.2, 0) is 62.2 Å². The number of carbonyl (C=O) groups excluding carboxylic acids is 10. The average Bonchev–Trinajstić information content (AvgIpc) is 0.908. The maximum atomic E-state index is 13.8. The van der Waals surface area contributed by atoms with Gasteiger partial charge in [0.15, 0.2) is 6.04 Å². The Kier molecular flexibility index (Phi) is 58.2. The summed E-state index contributed by atoms with van der Waals surface area (Å²) in [5.41, 5.74) is 5.26. The highest BCUT2D eigenvalue weighted by Crippen LogP contribution is 2.18. The number of amides is 8. The topological polar surface area (TPSA) is 377 Å². The summed E-state index contributed by atoms with van der Waals surface area (Å²) in [6, 6.07) is -6.28. The predicted molar refractivity (Wildman–Crippen MR) is 376 cm³/mol. The van der Waals surface area contributed by atoms with Crippen LogP contribution in [0.1, 0.15) is 304 Å². The van der Waals surface area contributed by atoms with Gasteiger partial charge in [0, 0.05) is 37.2 Å². The zero-order chi connectivity index (χ0) is 71.4. The van der Waals surface area contributed by atoms with Gasteiger partial charge in [-0.2, -0.15) is 11.8 Å². The lowest BCUT2D eigenvalue weighted by atomic mass is 10.0. The first-order valence-electron chi connectivity index (χ1n) is 37.0. The molecule has 0 saturated heterocycles. The summed E-state index contributed by atoms with van der Waals surface area (Å²) < 4.78 is 11.6. The highest BCUT2D eigenvalue weighted by molar-refractivity contribution is 7.99. The van der Waals surface area contributed by atoms with Crippen LogP contribution in [0.3, 0.4) is 0 Å². The number of aliphatic hydroxyl groups excluding tert-OH is 2. The van der Waals surface area contributed by atoms with E-state index in [2.05, 4.69) is 52.7 Å². The van der Waals surface area contributed by atoms with Gasteiger partial charge in [0.2, 0.25) is 47.3 Å². The van der Waals surface area contributed by atoms with Gasteiger partial charge in [-0.15, -0.1) is 0 Å². The Morgan fingerprint density at radius 1 is 0.385 bits per heavy atom. The SMILES string of the molecule is CCCCCCCCCCCCCCCC(=O)OC[C@H](CSC[C@H](NC(=O)CCCCCCCCCCCCC)C(=O)NCC(=O)NCC(=O)NCC(=O)N[C@@H](CCC(N)=O)C(=O)N[C@H](C(=O)N[C@H](C(=O)O)[C@@H](C)O)[C@@H](C)O)OC(=O)CCCCCCCCCCCCCCC. The fourth-order valence-electron chi connectivity index (χ4n) is 10.8. The maximum absolute atomic E-state index is 13.8. The Morgan fingerprint density at radius 2 is 0.750 bits per heavy atom. The largest absolute Gasteiger partial charge is 0.480 e. The molecule has 0 heterocycles. The molecule has 7 atom stereocenters. The molecule has 0 rings (SSSR count). The van der Waals surface area contributed by atoms with E-state index in [1.54, 1.807) is 0 Å². The molecule has 0 bridgehead atoms. The fourth-order valence-corrected chi connectivity index (χ4v) is 11.8. The van der Waals surface area contributed by atoms with E-state index in [1.807, 2.05) is 5.32 Å². The van der Waals surface area contributed by atoms with Crippen molar-refractivity contribution < 1.29 is 77.5 Å². The van der Waals surface area contributed by atoms with Gasteiger partial charge in [0.1, 0.15) is 30.8 Å². The van der Waals surface area contributed by atoms with Gasteiger partial charge in [-0.05, 0) is 39.5 Å². The Balaban J connectivity index is 5.84.